The van der Waals surface area contributed by atoms with Crippen LogP contribution in [0.4, 0.5) is 0 Å². The molecule has 1 heterocycles. The molecule has 1 aliphatic rings. The summed E-state index contributed by atoms with van der Waals surface area (Å²) in [6.45, 7) is 11.6. The van der Waals surface area contributed by atoms with Gasteiger partial charge in [-0.05, 0) is 35.4 Å². The molecule has 3 nitrogen and oxygen atoms in total. The number of aromatic nitrogens is 1. The highest BCUT2D eigenvalue weighted by atomic mass is 32.1. The topological polar surface area (TPSA) is 39.1 Å². The van der Waals surface area contributed by atoms with Gasteiger partial charge < -0.3 is 0 Å². The molecular formula is C20H27NO2S. The van der Waals surface area contributed by atoms with Crippen LogP contribution in [0.15, 0.2) is 23.0 Å². The number of rotatable bonds is 6. The van der Waals surface area contributed by atoms with Crippen molar-refractivity contribution in [1.82, 2.24) is 4.57 Å². The lowest BCUT2D eigenvalue weighted by molar-refractivity contribution is 0.0945. The Balaban J connectivity index is 1.95. The van der Waals surface area contributed by atoms with Gasteiger partial charge in [-0.15, -0.1) is 0 Å². The largest absolute Gasteiger partial charge is 0.308 e. The zero-order chi connectivity index (χ0) is 17.7. The second-order valence-electron chi connectivity index (χ2n) is 8.15. The molecule has 1 aliphatic carbocycles. The lowest BCUT2D eigenvalue weighted by Crippen LogP contribution is -2.13. The molecule has 0 radical (unpaired) electrons. The van der Waals surface area contributed by atoms with Crippen LogP contribution >= 0.6 is 11.3 Å². The third-order valence-corrected chi connectivity index (χ3v) is 7.18. The van der Waals surface area contributed by atoms with Gasteiger partial charge in [0.25, 0.3) is 0 Å². The van der Waals surface area contributed by atoms with Gasteiger partial charge in [-0.25, -0.2) is 0 Å². The summed E-state index contributed by atoms with van der Waals surface area (Å²) in [5.41, 5.74) is 1.74. The molecule has 0 aliphatic heterocycles. The van der Waals surface area contributed by atoms with Gasteiger partial charge in [0.1, 0.15) is 0 Å². The van der Waals surface area contributed by atoms with E-state index in [9.17, 15) is 9.59 Å². The van der Waals surface area contributed by atoms with Crippen LogP contribution in [-0.4, -0.2) is 10.4 Å². The molecule has 1 saturated carbocycles. The first-order chi connectivity index (χ1) is 11.2. The number of hydrogen-bond donors (Lipinski definition) is 0. The molecule has 24 heavy (non-hydrogen) atoms. The van der Waals surface area contributed by atoms with Crippen molar-refractivity contribution in [2.75, 3.05) is 0 Å². The van der Waals surface area contributed by atoms with Crippen LogP contribution in [0.25, 0.3) is 10.2 Å². The maximum atomic E-state index is 13.0. The van der Waals surface area contributed by atoms with Crippen molar-refractivity contribution >= 4 is 27.3 Å². The van der Waals surface area contributed by atoms with Crippen molar-refractivity contribution < 1.29 is 4.79 Å². The Labute approximate surface area is 147 Å². The van der Waals surface area contributed by atoms with E-state index in [1.54, 1.807) is 0 Å². The Hall–Kier alpha value is -1.42. The SMILES string of the molecule is CCCCCn1c(=O)sc2ccc(C(=O)C3C(C)(C)C3(C)C)cc21. The van der Waals surface area contributed by atoms with Gasteiger partial charge in [0.15, 0.2) is 5.78 Å². The van der Waals surface area contributed by atoms with E-state index in [0.29, 0.717) is 0 Å². The zero-order valence-electron chi connectivity index (χ0n) is 15.3. The molecule has 0 N–H and O–H groups in total. The summed E-state index contributed by atoms with van der Waals surface area (Å²) in [4.78, 5) is 25.3. The molecule has 0 saturated heterocycles. The molecule has 3 rings (SSSR count). The summed E-state index contributed by atoms with van der Waals surface area (Å²) in [5.74, 6) is 0.270. The highest BCUT2D eigenvalue weighted by Crippen LogP contribution is 2.69. The number of benzene rings is 1. The van der Waals surface area contributed by atoms with Gasteiger partial charge in [-0.1, -0.05) is 58.8 Å². The minimum Gasteiger partial charge on any atom is -0.299 e. The highest BCUT2D eigenvalue weighted by Gasteiger charge is 2.67. The van der Waals surface area contributed by atoms with Crippen molar-refractivity contribution in [3.8, 4) is 0 Å². The molecule has 1 fully saturated rings. The summed E-state index contributed by atoms with van der Waals surface area (Å²) < 4.78 is 2.82. The quantitative estimate of drug-likeness (QED) is 0.538. The fourth-order valence-electron chi connectivity index (χ4n) is 3.97. The number of thiazole rings is 1. The van der Waals surface area contributed by atoms with Crippen LogP contribution in [0, 0.1) is 16.7 Å². The van der Waals surface area contributed by atoms with E-state index in [1.807, 2.05) is 22.8 Å². The molecule has 4 heteroatoms. The standard InChI is InChI=1S/C20H27NO2S/c1-6-7-8-11-21-14-12-13(9-10-15(14)24-18(21)23)16(22)17-19(2,3)20(17,4)5/h9-10,12,17H,6-8,11H2,1-5H3. The smallest absolute Gasteiger partial charge is 0.299 e. The molecule has 0 spiro atoms. The summed E-state index contributed by atoms with van der Waals surface area (Å²) >= 11 is 1.28. The minimum absolute atomic E-state index is 0.0362. The Morgan fingerprint density at radius 1 is 1.17 bits per heavy atom. The lowest BCUT2D eigenvalue weighted by atomic mass is 10.0. The number of ketones is 1. The van der Waals surface area contributed by atoms with Crippen LogP contribution in [0.3, 0.4) is 0 Å². The third-order valence-electron chi connectivity index (χ3n) is 6.22. The number of nitrogens with zero attached hydrogens (tertiary/aromatic N) is 1. The molecule has 1 aromatic heterocycles. The first kappa shape index (κ1) is 17.4. The van der Waals surface area contributed by atoms with Gasteiger partial charge in [0.05, 0.1) is 10.2 Å². The third kappa shape index (κ3) is 2.55. The van der Waals surface area contributed by atoms with Gasteiger partial charge in [0.2, 0.25) is 0 Å². The molecule has 0 atom stereocenters. The monoisotopic (exact) mass is 345 g/mol. The maximum absolute atomic E-state index is 13.0. The number of carbonyl (C=O) groups excluding carboxylic acids is 1. The second kappa shape index (κ2) is 5.83. The Kier molecular flexibility index (Phi) is 4.23. The van der Waals surface area contributed by atoms with Crippen molar-refractivity contribution in [1.29, 1.82) is 0 Å². The van der Waals surface area contributed by atoms with Crippen LogP contribution in [-0.2, 0) is 6.54 Å². The molecule has 2 aromatic rings. The average Bonchev–Trinajstić information content (AvgIpc) is 2.76. The maximum Gasteiger partial charge on any atom is 0.308 e. The number of aryl methyl sites for hydroxylation is 1. The summed E-state index contributed by atoms with van der Waals surface area (Å²) in [7, 11) is 0. The Morgan fingerprint density at radius 3 is 2.42 bits per heavy atom. The van der Waals surface area contributed by atoms with Crippen LogP contribution in [0.5, 0.6) is 0 Å². The highest BCUT2D eigenvalue weighted by molar-refractivity contribution is 7.16. The Morgan fingerprint density at radius 2 is 1.83 bits per heavy atom. The number of fused-ring (bicyclic) bond motifs is 1. The predicted octanol–water partition coefficient (Wildman–Crippen LogP) is 5.12. The van der Waals surface area contributed by atoms with Crippen LogP contribution in [0.2, 0.25) is 0 Å². The lowest BCUT2D eigenvalue weighted by Gasteiger charge is -2.06. The van der Waals surface area contributed by atoms with E-state index >= 15 is 0 Å². The van der Waals surface area contributed by atoms with Crippen molar-refractivity contribution in [3.63, 3.8) is 0 Å². The predicted molar refractivity (Wildman–Crippen MR) is 101 cm³/mol. The fourth-order valence-corrected chi connectivity index (χ4v) is 4.86. The first-order valence-corrected chi connectivity index (χ1v) is 9.71. The van der Waals surface area contributed by atoms with Crippen molar-refractivity contribution in [2.45, 2.75) is 60.4 Å². The van der Waals surface area contributed by atoms with E-state index in [-0.39, 0.29) is 27.4 Å². The van der Waals surface area contributed by atoms with Gasteiger partial charge in [0, 0.05) is 18.0 Å². The van der Waals surface area contributed by atoms with E-state index in [4.69, 9.17) is 0 Å². The Bertz CT molecular complexity index is 827. The molecule has 0 unspecified atom stereocenters. The number of carbonyl (C=O) groups is 1. The van der Waals surface area contributed by atoms with E-state index in [0.717, 1.165) is 41.6 Å². The molecule has 0 amide bonds. The van der Waals surface area contributed by atoms with Gasteiger partial charge in [-0.2, -0.15) is 0 Å². The van der Waals surface area contributed by atoms with Crippen molar-refractivity contribution in [3.05, 3.63) is 33.4 Å². The number of hydrogen-bond acceptors (Lipinski definition) is 3. The fraction of sp³-hybridized carbons (Fsp3) is 0.600. The minimum atomic E-state index is 0.0362. The van der Waals surface area contributed by atoms with Crippen molar-refractivity contribution in [2.24, 2.45) is 16.7 Å². The van der Waals surface area contributed by atoms with Gasteiger partial charge in [-0.3, -0.25) is 14.2 Å². The van der Waals surface area contributed by atoms with Crippen LogP contribution < -0.4 is 4.87 Å². The second-order valence-corrected chi connectivity index (χ2v) is 9.14. The summed E-state index contributed by atoms with van der Waals surface area (Å²) in [5, 5.41) is 0. The normalized spacial score (nSPS) is 18.9. The first-order valence-electron chi connectivity index (χ1n) is 8.89. The zero-order valence-corrected chi connectivity index (χ0v) is 16.1. The van der Waals surface area contributed by atoms with E-state index < -0.39 is 0 Å². The molecule has 1 aromatic carbocycles. The van der Waals surface area contributed by atoms with E-state index in [2.05, 4.69) is 34.6 Å². The summed E-state index contributed by atoms with van der Waals surface area (Å²) in [6, 6.07) is 5.76. The number of Topliss-reactive ketones (excluding diaryl/α,β-unsaturated/α-hetero) is 1. The molecule has 0 bridgehead atoms. The summed E-state index contributed by atoms with van der Waals surface area (Å²) in [6.07, 6.45) is 3.25. The number of unbranched alkanes of at least 4 members (excludes halogenated alkanes) is 2. The van der Waals surface area contributed by atoms with E-state index in [1.165, 1.54) is 11.3 Å². The average molecular weight is 346 g/mol. The molecular weight excluding hydrogens is 318 g/mol. The molecule has 130 valence electrons. The van der Waals surface area contributed by atoms with Crippen LogP contribution in [0.1, 0.15) is 64.2 Å². The van der Waals surface area contributed by atoms with Gasteiger partial charge >= 0.3 is 4.87 Å².